The maximum absolute atomic E-state index is 6.18. The molecule has 0 spiro atoms. The van der Waals surface area contributed by atoms with Crippen LogP contribution in [-0.4, -0.2) is 10.5 Å². The van der Waals surface area contributed by atoms with Crippen LogP contribution < -0.4 is 5.73 Å². The standard InChI is InChI=1S/C14H17ClN2/c1-9-7-10(8-14(2,3)16)17-13-11(9)5-4-6-12(13)15/h4-7H,8,16H2,1-3H3. The van der Waals surface area contributed by atoms with Gasteiger partial charge in [0.25, 0.3) is 0 Å². The van der Waals surface area contributed by atoms with Gasteiger partial charge in [0.2, 0.25) is 0 Å². The van der Waals surface area contributed by atoms with Crippen molar-refractivity contribution < 1.29 is 0 Å². The van der Waals surface area contributed by atoms with E-state index in [1.165, 1.54) is 5.56 Å². The molecule has 0 amide bonds. The largest absolute Gasteiger partial charge is 0.325 e. The summed E-state index contributed by atoms with van der Waals surface area (Å²) in [6, 6.07) is 7.95. The number of hydrogen-bond acceptors (Lipinski definition) is 2. The minimum absolute atomic E-state index is 0.256. The highest BCUT2D eigenvalue weighted by atomic mass is 35.5. The zero-order valence-electron chi connectivity index (χ0n) is 10.4. The molecule has 0 saturated heterocycles. The van der Waals surface area contributed by atoms with Gasteiger partial charge in [-0.25, -0.2) is 0 Å². The molecule has 0 unspecified atom stereocenters. The zero-order chi connectivity index (χ0) is 12.6. The molecule has 2 rings (SSSR count). The summed E-state index contributed by atoms with van der Waals surface area (Å²) in [4.78, 5) is 4.61. The number of aryl methyl sites for hydroxylation is 1. The lowest BCUT2D eigenvalue weighted by Crippen LogP contribution is -2.34. The van der Waals surface area contributed by atoms with Crippen LogP contribution in [0.1, 0.15) is 25.1 Å². The summed E-state index contributed by atoms with van der Waals surface area (Å²) in [7, 11) is 0. The second kappa shape index (κ2) is 4.28. The average Bonchev–Trinajstić information content (AvgIpc) is 2.17. The van der Waals surface area contributed by atoms with Crippen LogP contribution in [0.5, 0.6) is 0 Å². The number of aromatic nitrogens is 1. The first-order valence-corrected chi connectivity index (χ1v) is 6.08. The Labute approximate surface area is 107 Å². The molecule has 0 atom stereocenters. The van der Waals surface area contributed by atoms with Gasteiger partial charge >= 0.3 is 0 Å². The van der Waals surface area contributed by atoms with Gasteiger partial charge in [0.15, 0.2) is 0 Å². The highest BCUT2D eigenvalue weighted by Crippen LogP contribution is 2.25. The first kappa shape index (κ1) is 12.3. The van der Waals surface area contributed by atoms with Crippen LogP contribution in [-0.2, 0) is 6.42 Å². The van der Waals surface area contributed by atoms with Crippen molar-refractivity contribution in [2.45, 2.75) is 32.7 Å². The summed E-state index contributed by atoms with van der Waals surface area (Å²) >= 11 is 6.18. The van der Waals surface area contributed by atoms with E-state index in [0.29, 0.717) is 5.02 Å². The van der Waals surface area contributed by atoms with E-state index in [9.17, 15) is 0 Å². The number of rotatable bonds is 2. The second-order valence-electron chi connectivity index (χ2n) is 5.23. The summed E-state index contributed by atoms with van der Waals surface area (Å²) in [5.41, 5.74) is 8.83. The Bertz CT molecular complexity index is 556. The van der Waals surface area contributed by atoms with Crippen molar-refractivity contribution in [3.05, 3.63) is 40.5 Å². The van der Waals surface area contributed by atoms with Gasteiger partial charge < -0.3 is 5.73 Å². The summed E-state index contributed by atoms with van der Waals surface area (Å²) in [6.45, 7) is 6.08. The molecular weight excluding hydrogens is 232 g/mol. The predicted molar refractivity (Wildman–Crippen MR) is 73.5 cm³/mol. The predicted octanol–water partition coefficient (Wildman–Crippen LogP) is 3.48. The van der Waals surface area contributed by atoms with Gasteiger partial charge in [-0.05, 0) is 38.5 Å². The maximum Gasteiger partial charge on any atom is 0.0894 e. The molecule has 0 bridgehead atoms. The van der Waals surface area contributed by atoms with E-state index in [1.54, 1.807) is 0 Å². The van der Waals surface area contributed by atoms with Crippen LogP contribution in [0.25, 0.3) is 10.9 Å². The Morgan fingerprint density at radius 3 is 2.71 bits per heavy atom. The Balaban J connectivity index is 2.58. The number of nitrogens with two attached hydrogens (primary N) is 1. The van der Waals surface area contributed by atoms with E-state index in [2.05, 4.69) is 18.0 Å². The van der Waals surface area contributed by atoms with Crippen molar-refractivity contribution >= 4 is 22.5 Å². The minimum atomic E-state index is -0.256. The molecule has 0 aliphatic heterocycles. The molecule has 17 heavy (non-hydrogen) atoms. The van der Waals surface area contributed by atoms with Crippen molar-refractivity contribution in [2.24, 2.45) is 5.73 Å². The Hall–Kier alpha value is -1.12. The van der Waals surface area contributed by atoms with Crippen molar-refractivity contribution in [3.63, 3.8) is 0 Å². The van der Waals surface area contributed by atoms with Gasteiger partial charge in [-0.3, -0.25) is 4.98 Å². The molecular formula is C14H17ClN2. The number of pyridine rings is 1. The van der Waals surface area contributed by atoms with E-state index in [4.69, 9.17) is 17.3 Å². The van der Waals surface area contributed by atoms with Gasteiger partial charge in [0, 0.05) is 23.0 Å². The van der Waals surface area contributed by atoms with E-state index >= 15 is 0 Å². The molecule has 0 radical (unpaired) electrons. The molecule has 2 N–H and O–H groups in total. The SMILES string of the molecule is Cc1cc(CC(C)(C)N)nc2c(Cl)cccc12. The number of fused-ring (bicyclic) bond motifs is 1. The van der Waals surface area contributed by atoms with E-state index in [-0.39, 0.29) is 5.54 Å². The number of nitrogens with zero attached hydrogens (tertiary/aromatic N) is 1. The van der Waals surface area contributed by atoms with Gasteiger partial charge in [-0.2, -0.15) is 0 Å². The highest BCUT2D eigenvalue weighted by Gasteiger charge is 2.14. The first-order valence-electron chi connectivity index (χ1n) is 5.70. The molecule has 0 saturated carbocycles. The molecule has 90 valence electrons. The fourth-order valence-corrected chi connectivity index (χ4v) is 2.22. The van der Waals surface area contributed by atoms with E-state index < -0.39 is 0 Å². The quantitative estimate of drug-likeness (QED) is 0.884. The second-order valence-corrected chi connectivity index (χ2v) is 5.64. The summed E-state index contributed by atoms with van der Waals surface area (Å²) < 4.78 is 0. The number of hydrogen-bond donors (Lipinski definition) is 1. The molecule has 1 aromatic heterocycles. The van der Waals surface area contributed by atoms with Gasteiger partial charge in [-0.15, -0.1) is 0 Å². The zero-order valence-corrected chi connectivity index (χ0v) is 11.2. The van der Waals surface area contributed by atoms with E-state index in [1.807, 2.05) is 32.0 Å². The Morgan fingerprint density at radius 1 is 1.35 bits per heavy atom. The van der Waals surface area contributed by atoms with E-state index in [0.717, 1.165) is 23.0 Å². The average molecular weight is 249 g/mol. The molecule has 1 aromatic carbocycles. The lowest BCUT2D eigenvalue weighted by atomic mass is 9.98. The number of para-hydroxylation sites is 1. The van der Waals surface area contributed by atoms with Crippen LogP contribution in [0, 0.1) is 6.92 Å². The van der Waals surface area contributed by atoms with Gasteiger partial charge in [-0.1, -0.05) is 23.7 Å². The molecule has 3 heteroatoms. The molecule has 0 aliphatic carbocycles. The normalized spacial score (nSPS) is 12.1. The lowest BCUT2D eigenvalue weighted by molar-refractivity contribution is 0.511. The molecule has 0 aliphatic rings. The third kappa shape index (κ3) is 2.76. The molecule has 0 fully saturated rings. The lowest BCUT2D eigenvalue weighted by Gasteiger charge is -2.18. The van der Waals surface area contributed by atoms with Gasteiger partial charge in [0.1, 0.15) is 0 Å². The summed E-state index contributed by atoms with van der Waals surface area (Å²) in [5, 5.41) is 1.80. The molecule has 1 heterocycles. The van der Waals surface area contributed by atoms with Crippen molar-refractivity contribution in [1.82, 2.24) is 4.98 Å². The van der Waals surface area contributed by atoms with Crippen molar-refractivity contribution in [2.75, 3.05) is 0 Å². The Kier molecular flexibility index (Phi) is 3.11. The number of benzene rings is 1. The van der Waals surface area contributed by atoms with Crippen LogP contribution in [0.3, 0.4) is 0 Å². The van der Waals surface area contributed by atoms with Crippen molar-refractivity contribution in [3.8, 4) is 0 Å². The fraction of sp³-hybridized carbons (Fsp3) is 0.357. The topological polar surface area (TPSA) is 38.9 Å². The number of halogens is 1. The van der Waals surface area contributed by atoms with Crippen LogP contribution >= 0.6 is 11.6 Å². The smallest absolute Gasteiger partial charge is 0.0894 e. The molecule has 2 nitrogen and oxygen atoms in total. The molecule has 2 aromatic rings. The van der Waals surface area contributed by atoms with Crippen LogP contribution in [0.4, 0.5) is 0 Å². The first-order chi connectivity index (χ1) is 7.87. The summed E-state index contributed by atoms with van der Waals surface area (Å²) in [6.07, 6.45) is 0.745. The third-order valence-corrected chi connectivity index (χ3v) is 2.99. The fourth-order valence-electron chi connectivity index (χ4n) is 2.01. The third-order valence-electron chi connectivity index (χ3n) is 2.69. The van der Waals surface area contributed by atoms with Crippen LogP contribution in [0.15, 0.2) is 24.3 Å². The highest BCUT2D eigenvalue weighted by molar-refractivity contribution is 6.35. The monoisotopic (exact) mass is 248 g/mol. The Morgan fingerprint density at radius 2 is 2.06 bits per heavy atom. The minimum Gasteiger partial charge on any atom is -0.325 e. The summed E-state index contributed by atoms with van der Waals surface area (Å²) in [5.74, 6) is 0. The van der Waals surface area contributed by atoms with Crippen molar-refractivity contribution in [1.29, 1.82) is 0 Å². The van der Waals surface area contributed by atoms with Gasteiger partial charge in [0.05, 0.1) is 10.5 Å². The van der Waals surface area contributed by atoms with Crippen LogP contribution in [0.2, 0.25) is 5.02 Å². The maximum atomic E-state index is 6.18.